The Morgan fingerprint density at radius 1 is 1.26 bits per heavy atom. The molecule has 6 heteroatoms. The number of amides is 1. The van der Waals surface area contributed by atoms with Crippen molar-refractivity contribution in [2.75, 3.05) is 5.32 Å². The summed E-state index contributed by atoms with van der Waals surface area (Å²) in [5.74, 6) is -0.298. The van der Waals surface area contributed by atoms with Gasteiger partial charge in [0, 0.05) is 18.0 Å². The van der Waals surface area contributed by atoms with Gasteiger partial charge in [-0.3, -0.25) is 14.9 Å². The molecule has 0 saturated heterocycles. The highest BCUT2D eigenvalue weighted by Crippen LogP contribution is 2.29. The van der Waals surface area contributed by atoms with Crippen molar-refractivity contribution in [1.82, 2.24) is 0 Å². The molecule has 1 amide bonds. The molecule has 1 saturated carbocycles. The number of nitrogens with zero attached hydrogens (tertiary/aromatic N) is 1. The van der Waals surface area contributed by atoms with Crippen molar-refractivity contribution in [1.29, 1.82) is 0 Å². The third-order valence-electron chi connectivity index (χ3n) is 3.59. The molecule has 2 rings (SSSR count). The van der Waals surface area contributed by atoms with Crippen LogP contribution in [0.25, 0.3) is 0 Å². The lowest BCUT2D eigenvalue weighted by Gasteiger charge is -2.27. The molecular formula is C13H17N3O3. The normalized spacial score (nSPS) is 22.7. The second kappa shape index (κ2) is 5.69. The number of rotatable bonds is 4. The Balaban J connectivity index is 2.00. The van der Waals surface area contributed by atoms with Crippen molar-refractivity contribution < 1.29 is 9.72 Å². The first-order chi connectivity index (χ1) is 9.08. The minimum atomic E-state index is -0.391. The maximum absolute atomic E-state index is 11.1. The number of hydrogen-bond donors (Lipinski definition) is 2. The molecule has 1 aliphatic rings. The Morgan fingerprint density at radius 3 is 2.47 bits per heavy atom. The highest BCUT2D eigenvalue weighted by Gasteiger charge is 2.25. The first-order valence-corrected chi connectivity index (χ1v) is 6.37. The van der Waals surface area contributed by atoms with E-state index < -0.39 is 4.92 Å². The van der Waals surface area contributed by atoms with E-state index in [-0.39, 0.29) is 23.6 Å². The lowest BCUT2D eigenvalue weighted by molar-refractivity contribution is -0.384. The zero-order valence-corrected chi connectivity index (χ0v) is 10.5. The van der Waals surface area contributed by atoms with Gasteiger partial charge in [-0.2, -0.15) is 0 Å². The van der Waals surface area contributed by atoms with E-state index in [9.17, 15) is 14.9 Å². The Hall–Kier alpha value is -2.11. The molecule has 0 heterocycles. The van der Waals surface area contributed by atoms with Crippen LogP contribution in [0, 0.1) is 16.0 Å². The van der Waals surface area contributed by atoms with Crippen LogP contribution in [0.2, 0.25) is 0 Å². The fraction of sp³-hybridized carbons (Fsp3) is 0.462. The smallest absolute Gasteiger partial charge is 0.292 e. The molecule has 1 aromatic carbocycles. The molecule has 0 bridgehead atoms. The molecule has 0 atom stereocenters. The molecule has 19 heavy (non-hydrogen) atoms. The number of benzene rings is 1. The highest BCUT2D eigenvalue weighted by molar-refractivity contribution is 5.76. The molecule has 1 fully saturated rings. The zero-order chi connectivity index (χ0) is 13.8. The van der Waals surface area contributed by atoms with Crippen molar-refractivity contribution in [2.45, 2.75) is 31.7 Å². The number of nitrogens with two attached hydrogens (primary N) is 1. The van der Waals surface area contributed by atoms with Crippen LogP contribution in [0.4, 0.5) is 11.4 Å². The summed E-state index contributed by atoms with van der Waals surface area (Å²) >= 11 is 0. The predicted molar refractivity (Wildman–Crippen MR) is 71.7 cm³/mol. The molecular weight excluding hydrogens is 246 g/mol. The molecule has 0 unspecified atom stereocenters. The predicted octanol–water partition coefficient (Wildman–Crippen LogP) is 2.05. The summed E-state index contributed by atoms with van der Waals surface area (Å²) in [6.45, 7) is 0. The van der Waals surface area contributed by atoms with Gasteiger partial charge in [0.25, 0.3) is 5.69 Å². The van der Waals surface area contributed by atoms with Gasteiger partial charge in [0.05, 0.1) is 4.92 Å². The van der Waals surface area contributed by atoms with Crippen molar-refractivity contribution in [3.8, 4) is 0 Å². The van der Waals surface area contributed by atoms with Gasteiger partial charge in [0.15, 0.2) is 0 Å². The lowest BCUT2D eigenvalue weighted by Crippen LogP contribution is -2.32. The van der Waals surface area contributed by atoms with Crippen LogP contribution in [0.15, 0.2) is 24.3 Å². The summed E-state index contributed by atoms with van der Waals surface area (Å²) in [7, 11) is 0. The van der Waals surface area contributed by atoms with E-state index in [0.29, 0.717) is 5.69 Å². The van der Waals surface area contributed by atoms with Gasteiger partial charge in [0.2, 0.25) is 5.91 Å². The van der Waals surface area contributed by atoms with Gasteiger partial charge in [-0.05, 0) is 31.7 Å². The minimum Gasteiger partial charge on any atom is -0.377 e. The van der Waals surface area contributed by atoms with E-state index in [1.54, 1.807) is 18.2 Å². The second-order valence-electron chi connectivity index (χ2n) is 4.87. The highest BCUT2D eigenvalue weighted by atomic mass is 16.6. The fourth-order valence-electron chi connectivity index (χ4n) is 2.50. The third-order valence-corrected chi connectivity index (χ3v) is 3.59. The van der Waals surface area contributed by atoms with Crippen molar-refractivity contribution in [2.24, 2.45) is 11.7 Å². The topological polar surface area (TPSA) is 98.3 Å². The number of carbonyl (C=O) groups excluding carboxylic acids is 1. The van der Waals surface area contributed by atoms with Gasteiger partial charge < -0.3 is 11.1 Å². The summed E-state index contributed by atoms with van der Waals surface area (Å²) in [5.41, 5.74) is 5.90. The fourth-order valence-corrected chi connectivity index (χ4v) is 2.50. The maximum Gasteiger partial charge on any atom is 0.292 e. The van der Waals surface area contributed by atoms with Crippen LogP contribution in [0.3, 0.4) is 0 Å². The van der Waals surface area contributed by atoms with E-state index in [4.69, 9.17) is 5.73 Å². The van der Waals surface area contributed by atoms with Crippen LogP contribution in [-0.2, 0) is 4.79 Å². The van der Waals surface area contributed by atoms with E-state index in [1.165, 1.54) is 6.07 Å². The van der Waals surface area contributed by atoms with Crippen LogP contribution in [0.1, 0.15) is 25.7 Å². The summed E-state index contributed by atoms with van der Waals surface area (Å²) < 4.78 is 0. The van der Waals surface area contributed by atoms with Crippen LogP contribution in [0.5, 0.6) is 0 Å². The second-order valence-corrected chi connectivity index (χ2v) is 4.87. The Bertz CT molecular complexity index is 482. The zero-order valence-electron chi connectivity index (χ0n) is 10.5. The first kappa shape index (κ1) is 13.3. The molecule has 102 valence electrons. The Morgan fingerprint density at radius 2 is 1.89 bits per heavy atom. The van der Waals surface area contributed by atoms with Crippen molar-refractivity contribution in [3.05, 3.63) is 34.4 Å². The number of anilines is 1. The standard InChI is InChI=1S/C13H17N3O3/c14-13(17)9-5-7-10(8-6-9)15-11-3-1-2-4-12(11)16(18)19/h1-4,9-10,15H,5-8H2,(H2,14,17). The molecule has 1 aliphatic carbocycles. The van der Waals surface area contributed by atoms with E-state index in [2.05, 4.69) is 5.32 Å². The molecule has 0 aromatic heterocycles. The molecule has 0 spiro atoms. The van der Waals surface area contributed by atoms with Crippen LogP contribution in [-0.4, -0.2) is 16.9 Å². The van der Waals surface area contributed by atoms with Crippen LogP contribution < -0.4 is 11.1 Å². The number of nitro benzene ring substituents is 1. The number of hydrogen-bond acceptors (Lipinski definition) is 4. The van der Waals surface area contributed by atoms with E-state index in [1.807, 2.05) is 0 Å². The average Bonchev–Trinajstić information content (AvgIpc) is 2.39. The Kier molecular flexibility index (Phi) is 3.99. The Labute approximate surface area is 111 Å². The monoisotopic (exact) mass is 263 g/mol. The SMILES string of the molecule is NC(=O)C1CCC(Nc2ccccc2[N+](=O)[O-])CC1. The van der Waals surface area contributed by atoms with E-state index >= 15 is 0 Å². The first-order valence-electron chi connectivity index (χ1n) is 6.37. The summed E-state index contributed by atoms with van der Waals surface area (Å²) in [6, 6.07) is 6.77. The molecule has 1 aromatic rings. The minimum absolute atomic E-state index is 0.0520. The molecule has 0 radical (unpaired) electrons. The van der Waals surface area contributed by atoms with Crippen LogP contribution >= 0.6 is 0 Å². The largest absolute Gasteiger partial charge is 0.377 e. The molecule has 3 N–H and O–H groups in total. The quantitative estimate of drug-likeness (QED) is 0.641. The van der Waals surface area contributed by atoms with Crippen molar-refractivity contribution >= 4 is 17.3 Å². The summed E-state index contributed by atoms with van der Waals surface area (Å²) in [4.78, 5) is 21.6. The summed E-state index contributed by atoms with van der Waals surface area (Å²) in [5, 5.41) is 14.1. The maximum atomic E-state index is 11.1. The molecule has 0 aliphatic heterocycles. The van der Waals surface area contributed by atoms with Gasteiger partial charge in [-0.15, -0.1) is 0 Å². The number of nitrogens with one attached hydrogen (secondary N) is 1. The lowest BCUT2D eigenvalue weighted by atomic mass is 9.85. The third kappa shape index (κ3) is 3.21. The number of nitro groups is 1. The number of primary amides is 1. The van der Waals surface area contributed by atoms with Gasteiger partial charge in [0.1, 0.15) is 5.69 Å². The van der Waals surface area contributed by atoms with Gasteiger partial charge >= 0.3 is 0 Å². The van der Waals surface area contributed by atoms with Gasteiger partial charge in [-0.1, -0.05) is 12.1 Å². The van der Waals surface area contributed by atoms with Gasteiger partial charge in [-0.25, -0.2) is 0 Å². The summed E-state index contributed by atoms with van der Waals surface area (Å²) in [6.07, 6.45) is 3.10. The van der Waals surface area contributed by atoms with Crippen molar-refractivity contribution in [3.63, 3.8) is 0 Å². The molecule has 6 nitrogen and oxygen atoms in total. The number of para-hydroxylation sites is 2. The average molecular weight is 263 g/mol. The number of carbonyl (C=O) groups is 1. The van der Waals surface area contributed by atoms with E-state index in [0.717, 1.165) is 25.7 Å².